The van der Waals surface area contributed by atoms with Crippen molar-refractivity contribution in [2.45, 2.75) is 6.92 Å². The fourth-order valence-electron chi connectivity index (χ4n) is 2.28. The number of carbonyl (C=O) groups excluding carboxylic acids is 1. The number of aromatic nitrogens is 1. The van der Waals surface area contributed by atoms with Gasteiger partial charge in [-0.1, -0.05) is 6.07 Å². The van der Waals surface area contributed by atoms with Crippen molar-refractivity contribution >= 4 is 45.4 Å². The minimum atomic E-state index is -0.0790. The molecule has 3 heterocycles. The Hall–Kier alpha value is -2.32. The van der Waals surface area contributed by atoms with Gasteiger partial charge in [0, 0.05) is 12.4 Å². The van der Waals surface area contributed by atoms with E-state index in [4.69, 9.17) is 9.47 Å². The quantitative estimate of drug-likeness (QED) is 0.769. The summed E-state index contributed by atoms with van der Waals surface area (Å²) in [5, 5.41) is 3.21. The molecule has 1 aromatic heterocycles. The molecule has 2 aliphatic rings. The highest BCUT2D eigenvalue weighted by molar-refractivity contribution is 8.18. The average Bonchev–Trinajstić information content (AvgIpc) is 3.25. The summed E-state index contributed by atoms with van der Waals surface area (Å²) in [4.78, 5) is 23.4. The van der Waals surface area contributed by atoms with Crippen LogP contribution in [0.5, 0.6) is 11.5 Å². The lowest BCUT2D eigenvalue weighted by Crippen LogP contribution is -2.23. The smallest absolute Gasteiger partial charge is 0.266 e. The van der Waals surface area contributed by atoms with Crippen molar-refractivity contribution in [2.24, 2.45) is 4.99 Å². The van der Waals surface area contributed by atoms with Crippen LogP contribution in [0.1, 0.15) is 11.3 Å². The third-order valence-corrected chi connectivity index (χ3v) is 5.41. The largest absolute Gasteiger partial charge is 0.454 e. The van der Waals surface area contributed by atoms with Gasteiger partial charge in [-0.05, 0) is 42.5 Å². The molecule has 1 fully saturated rings. The summed E-state index contributed by atoms with van der Waals surface area (Å²) in [5.74, 6) is 1.34. The highest BCUT2D eigenvalue weighted by Gasteiger charge is 2.30. The number of ether oxygens (including phenoxy) is 2. The van der Waals surface area contributed by atoms with E-state index in [1.165, 1.54) is 23.1 Å². The number of aliphatic imine (C=N–C) groups is 1. The van der Waals surface area contributed by atoms with Crippen LogP contribution in [-0.2, 0) is 4.79 Å². The first-order chi connectivity index (χ1) is 11.6. The summed E-state index contributed by atoms with van der Waals surface area (Å²) in [6.45, 7) is 2.15. The summed E-state index contributed by atoms with van der Waals surface area (Å²) in [6.07, 6.45) is 1.83. The van der Waals surface area contributed by atoms with E-state index in [9.17, 15) is 4.79 Å². The van der Waals surface area contributed by atoms with E-state index in [0.29, 0.717) is 21.0 Å². The molecule has 24 heavy (non-hydrogen) atoms. The third-order valence-electron chi connectivity index (χ3n) is 3.50. The number of nitrogens with zero attached hydrogens (tertiary/aromatic N) is 3. The Kier molecular flexibility index (Phi) is 3.78. The van der Waals surface area contributed by atoms with Gasteiger partial charge in [0.2, 0.25) is 11.9 Å². The predicted molar refractivity (Wildman–Crippen MR) is 94.8 cm³/mol. The molecule has 4 rings (SSSR count). The zero-order valence-corrected chi connectivity index (χ0v) is 14.6. The first-order valence-corrected chi connectivity index (χ1v) is 8.88. The lowest BCUT2D eigenvalue weighted by molar-refractivity contribution is -0.121. The molecule has 0 radical (unpaired) electrons. The van der Waals surface area contributed by atoms with Crippen molar-refractivity contribution in [1.29, 1.82) is 0 Å². The average molecular weight is 359 g/mol. The van der Waals surface area contributed by atoms with Crippen molar-refractivity contribution in [2.75, 3.05) is 13.8 Å². The van der Waals surface area contributed by atoms with Crippen molar-refractivity contribution in [3.8, 4) is 11.5 Å². The molecule has 1 aromatic carbocycles. The monoisotopic (exact) mass is 359 g/mol. The molecule has 6 nitrogen and oxygen atoms in total. The van der Waals surface area contributed by atoms with Gasteiger partial charge in [0.15, 0.2) is 16.7 Å². The molecule has 2 aliphatic heterocycles. The molecular weight excluding hydrogens is 346 g/mol. The van der Waals surface area contributed by atoms with Crippen LogP contribution < -0.4 is 9.47 Å². The van der Waals surface area contributed by atoms with Crippen LogP contribution in [-0.4, -0.2) is 34.8 Å². The number of benzene rings is 1. The summed E-state index contributed by atoms with van der Waals surface area (Å²) >= 11 is 2.80. The Balaban J connectivity index is 1.62. The number of fused-ring (bicyclic) bond motifs is 1. The van der Waals surface area contributed by atoms with Gasteiger partial charge in [0.05, 0.1) is 10.6 Å². The van der Waals surface area contributed by atoms with Crippen LogP contribution in [0.3, 0.4) is 0 Å². The van der Waals surface area contributed by atoms with E-state index in [0.717, 1.165) is 17.0 Å². The number of rotatable bonds is 2. The van der Waals surface area contributed by atoms with E-state index < -0.39 is 0 Å². The molecule has 8 heteroatoms. The van der Waals surface area contributed by atoms with Gasteiger partial charge in [-0.2, -0.15) is 4.99 Å². The summed E-state index contributed by atoms with van der Waals surface area (Å²) < 4.78 is 10.7. The standard InChI is InChI=1S/C16H13N3O3S2/c1-9-7-23-15(17-9)18-16-19(2)14(20)13(24-16)6-10-3-4-11-12(5-10)22-8-21-11/h3-7H,8H2,1-2H3/b13-6-,18-16+. The number of amidine groups is 1. The fraction of sp³-hybridized carbons (Fsp3) is 0.188. The van der Waals surface area contributed by atoms with Crippen LogP contribution in [0.2, 0.25) is 0 Å². The molecule has 0 atom stereocenters. The van der Waals surface area contributed by atoms with E-state index in [1.807, 2.05) is 36.6 Å². The van der Waals surface area contributed by atoms with E-state index in [2.05, 4.69) is 9.98 Å². The predicted octanol–water partition coefficient (Wildman–Crippen LogP) is 3.41. The maximum atomic E-state index is 12.4. The summed E-state index contributed by atoms with van der Waals surface area (Å²) in [7, 11) is 1.72. The zero-order valence-electron chi connectivity index (χ0n) is 13.0. The minimum Gasteiger partial charge on any atom is -0.454 e. The molecular formula is C16H13N3O3S2. The highest BCUT2D eigenvalue weighted by atomic mass is 32.2. The van der Waals surface area contributed by atoms with Gasteiger partial charge in [0.1, 0.15) is 0 Å². The molecule has 122 valence electrons. The molecule has 0 N–H and O–H groups in total. The van der Waals surface area contributed by atoms with Crippen molar-refractivity contribution in [3.05, 3.63) is 39.7 Å². The second kappa shape index (κ2) is 5.95. The molecule has 1 saturated heterocycles. The molecule has 2 aromatic rings. The third kappa shape index (κ3) is 2.78. The van der Waals surface area contributed by atoms with E-state index >= 15 is 0 Å². The topological polar surface area (TPSA) is 64.0 Å². The van der Waals surface area contributed by atoms with Crippen molar-refractivity contribution in [1.82, 2.24) is 9.88 Å². The Morgan fingerprint density at radius 1 is 1.33 bits per heavy atom. The van der Waals surface area contributed by atoms with Gasteiger partial charge < -0.3 is 9.47 Å². The molecule has 1 amide bonds. The van der Waals surface area contributed by atoms with Crippen LogP contribution in [0.4, 0.5) is 5.13 Å². The second-order valence-corrected chi connectivity index (χ2v) is 7.10. The van der Waals surface area contributed by atoms with Crippen LogP contribution in [0.15, 0.2) is 33.5 Å². The number of thiazole rings is 1. The molecule has 0 unspecified atom stereocenters. The first-order valence-electron chi connectivity index (χ1n) is 7.18. The number of amides is 1. The van der Waals surface area contributed by atoms with Gasteiger partial charge in [-0.25, -0.2) is 4.98 Å². The number of aryl methyl sites for hydroxylation is 1. The number of hydrogen-bond acceptors (Lipinski definition) is 7. The maximum absolute atomic E-state index is 12.4. The van der Waals surface area contributed by atoms with Gasteiger partial charge in [0.25, 0.3) is 5.91 Å². The maximum Gasteiger partial charge on any atom is 0.266 e. The van der Waals surface area contributed by atoms with E-state index in [1.54, 1.807) is 11.9 Å². The van der Waals surface area contributed by atoms with Crippen molar-refractivity contribution in [3.63, 3.8) is 0 Å². The van der Waals surface area contributed by atoms with Crippen LogP contribution in [0, 0.1) is 6.92 Å². The molecule has 0 saturated carbocycles. The lowest BCUT2D eigenvalue weighted by atomic mass is 10.2. The van der Waals surface area contributed by atoms with Gasteiger partial charge >= 0.3 is 0 Å². The van der Waals surface area contributed by atoms with Gasteiger partial charge in [-0.3, -0.25) is 9.69 Å². The van der Waals surface area contributed by atoms with Crippen molar-refractivity contribution < 1.29 is 14.3 Å². The second-order valence-electron chi connectivity index (χ2n) is 5.25. The number of likely N-dealkylation sites (N-methyl/N-ethyl adjacent to an activating group) is 1. The SMILES string of the molecule is Cc1csc(/N=C2/S/C(=C\c3ccc4c(c3)OCO4)C(=O)N2C)n1. The summed E-state index contributed by atoms with van der Waals surface area (Å²) in [6, 6.07) is 5.60. The minimum absolute atomic E-state index is 0.0790. The first kappa shape index (κ1) is 15.2. The Morgan fingerprint density at radius 3 is 2.96 bits per heavy atom. The Bertz CT molecular complexity index is 888. The fourth-order valence-corrected chi connectivity index (χ4v) is 3.97. The molecule has 0 bridgehead atoms. The van der Waals surface area contributed by atoms with Crippen LogP contribution in [0.25, 0.3) is 6.08 Å². The molecule has 0 aliphatic carbocycles. The number of carbonyl (C=O) groups is 1. The highest BCUT2D eigenvalue weighted by Crippen LogP contribution is 2.36. The number of hydrogen-bond donors (Lipinski definition) is 0. The van der Waals surface area contributed by atoms with Crippen LogP contribution >= 0.6 is 23.1 Å². The van der Waals surface area contributed by atoms with E-state index in [-0.39, 0.29) is 12.7 Å². The molecule has 0 spiro atoms. The Morgan fingerprint density at radius 2 is 2.17 bits per heavy atom. The Labute approximate surface area is 146 Å². The normalized spacial score (nSPS) is 19.8. The van der Waals surface area contributed by atoms with Gasteiger partial charge in [-0.15, -0.1) is 11.3 Å². The number of thioether (sulfide) groups is 1. The zero-order chi connectivity index (χ0) is 16.7. The lowest BCUT2D eigenvalue weighted by Gasteiger charge is -2.05. The summed E-state index contributed by atoms with van der Waals surface area (Å²) in [5.41, 5.74) is 1.81.